The molecule has 1 rings (SSSR count). The molecule has 0 aliphatic rings. The van der Waals surface area contributed by atoms with E-state index in [1.807, 2.05) is 0 Å². The summed E-state index contributed by atoms with van der Waals surface area (Å²) in [5.41, 5.74) is 2.45. The predicted octanol–water partition coefficient (Wildman–Crippen LogP) is 4.76. The second-order valence-corrected chi connectivity index (χ2v) is 5.55. The van der Waals surface area contributed by atoms with Gasteiger partial charge in [-0.05, 0) is 24.8 Å². The number of rotatable bonds is 5. The van der Waals surface area contributed by atoms with Gasteiger partial charge < -0.3 is 0 Å². The van der Waals surface area contributed by atoms with Crippen molar-refractivity contribution in [3.8, 4) is 0 Å². The molecule has 0 spiro atoms. The standard InChI is InChI=1S/C14H20Cl2/c1-11(2)8-14(9-15,10-16)13-6-4-12(3)5-7-13/h4-7,11H,8-10H2,1-3H3. The van der Waals surface area contributed by atoms with E-state index in [0.29, 0.717) is 17.7 Å². The van der Waals surface area contributed by atoms with Gasteiger partial charge in [-0.25, -0.2) is 0 Å². The van der Waals surface area contributed by atoms with Crippen LogP contribution in [-0.4, -0.2) is 11.8 Å². The Kier molecular flexibility index (Phi) is 5.14. The summed E-state index contributed by atoms with van der Waals surface area (Å²) in [6.45, 7) is 6.51. The van der Waals surface area contributed by atoms with E-state index in [-0.39, 0.29) is 5.41 Å². The summed E-state index contributed by atoms with van der Waals surface area (Å²) in [7, 11) is 0. The van der Waals surface area contributed by atoms with Crippen LogP contribution in [0.4, 0.5) is 0 Å². The van der Waals surface area contributed by atoms with Crippen molar-refractivity contribution in [1.29, 1.82) is 0 Å². The number of hydrogen-bond donors (Lipinski definition) is 0. The van der Waals surface area contributed by atoms with Gasteiger partial charge in [-0.1, -0.05) is 43.7 Å². The first-order valence-corrected chi connectivity index (χ1v) is 6.80. The van der Waals surface area contributed by atoms with E-state index in [1.165, 1.54) is 11.1 Å². The van der Waals surface area contributed by atoms with E-state index < -0.39 is 0 Å². The van der Waals surface area contributed by atoms with E-state index >= 15 is 0 Å². The second-order valence-electron chi connectivity index (χ2n) is 5.01. The lowest BCUT2D eigenvalue weighted by atomic mass is 9.77. The molecule has 0 aliphatic heterocycles. The van der Waals surface area contributed by atoms with Crippen LogP contribution < -0.4 is 0 Å². The molecular weight excluding hydrogens is 239 g/mol. The molecule has 0 radical (unpaired) electrons. The third kappa shape index (κ3) is 3.15. The van der Waals surface area contributed by atoms with Crippen molar-refractivity contribution >= 4 is 23.2 Å². The number of aryl methyl sites for hydroxylation is 1. The molecule has 0 aromatic heterocycles. The first-order chi connectivity index (χ1) is 7.54. The number of hydrogen-bond acceptors (Lipinski definition) is 0. The first kappa shape index (κ1) is 13.9. The molecule has 1 aromatic rings. The van der Waals surface area contributed by atoms with Crippen molar-refractivity contribution in [3.05, 3.63) is 35.4 Å². The maximum atomic E-state index is 6.16. The molecule has 0 fully saturated rings. The average molecular weight is 259 g/mol. The lowest BCUT2D eigenvalue weighted by molar-refractivity contribution is 0.408. The minimum Gasteiger partial charge on any atom is -0.126 e. The summed E-state index contributed by atoms with van der Waals surface area (Å²) in [6, 6.07) is 8.57. The highest BCUT2D eigenvalue weighted by Crippen LogP contribution is 2.34. The van der Waals surface area contributed by atoms with E-state index in [0.717, 1.165) is 6.42 Å². The minimum atomic E-state index is -0.0784. The lowest BCUT2D eigenvalue weighted by Gasteiger charge is -2.32. The first-order valence-electron chi connectivity index (χ1n) is 5.73. The molecule has 0 unspecified atom stereocenters. The predicted molar refractivity (Wildman–Crippen MR) is 73.8 cm³/mol. The Labute approximate surface area is 109 Å². The van der Waals surface area contributed by atoms with Gasteiger partial charge in [0.1, 0.15) is 0 Å². The summed E-state index contributed by atoms with van der Waals surface area (Å²) < 4.78 is 0. The molecule has 0 amide bonds. The molecule has 0 bridgehead atoms. The van der Waals surface area contributed by atoms with Crippen molar-refractivity contribution in [2.24, 2.45) is 5.92 Å². The van der Waals surface area contributed by atoms with E-state index in [9.17, 15) is 0 Å². The largest absolute Gasteiger partial charge is 0.126 e. The zero-order valence-corrected chi connectivity index (χ0v) is 11.8. The minimum absolute atomic E-state index is 0.0784. The van der Waals surface area contributed by atoms with Crippen molar-refractivity contribution in [2.45, 2.75) is 32.6 Å². The highest BCUT2D eigenvalue weighted by Gasteiger charge is 2.31. The van der Waals surface area contributed by atoms with E-state index in [4.69, 9.17) is 23.2 Å². The molecular formula is C14H20Cl2. The van der Waals surface area contributed by atoms with Gasteiger partial charge in [-0.15, -0.1) is 23.2 Å². The van der Waals surface area contributed by atoms with Gasteiger partial charge in [0.2, 0.25) is 0 Å². The molecule has 16 heavy (non-hydrogen) atoms. The van der Waals surface area contributed by atoms with Crippen molar-refractivity contribution in [2.75, 3.05) is 11.8 Å². The Morgan fingerprint density at radius 3 is 1.94 bits per heavy atom. The Bertz CT molecular complexity index is 310. The Hall–Kier alpha value is -0.200. The molecule has 0 heterocycles. The van der Waals surface area contributed by atoms with Crippen molar-refractivity contribution in [1.82, 2.24) is 0 Å². The smallest absolute Gasteiger partial charge is 0.0332 e. The van der Waals surface area contributed by atoms with Crippen LogP contribution in [0.25, 0.3) is 0 Å². The number of halogens is 2. The Morgan fingerprint density at radius 2 is 1.56 bits per heavy atom. The van der Waals surface area contributed by atoms with Crippen LogP contribution >= 0.6 is 23.2 Å². The van der Waals surface area contributed by atoms with Crippen molar-refractivity contribution in [3.63, 3.8) is 0 Å². The topological polar surface area (TPSA) is 0 Å². The fourth-order valence-electron chi connectivity index (χ4n) is 2.11. The monoisotopic (exact) mass is 258 g/mol. The highest BCUT2D eigenvalue weighted by molar-refractivity contribution is 6.22. The van der Waals surface area contributed by atoms with Crippen molar-refractivity contribution < 1.29 is 0 Å². The average Bonchev–Trinajstić information content (AvgIpc) is 2.27. The van der Waals surface area contributed by atoms with Gasteiger partial charge >= 0.3 is 0 Å². The Morgan fingerprint density at radius 1 is 1.06 bits per heavy atom. The van der Waals surface area contributed by atoms with Gasteiger partial charge in [0.05, 0.1) is 0 Å². The van der Waals surface area contributed by atoms with E-state index in [2.05, 4.69) is 45.0 Å². The summed E-state index contributed by atoms with van der Waals surface area (Å²) in [5.74, 6) is 1.76. The molecule has 0 nitrogen and oxygen atoms in total. The van der Waals surface area contributed by atoms with Gasteiger partial charge in [0.15, 0.2) is 0 Å². The highest BCUT2D eigenvalue weighted by atomic mass is 35.5. The fraction of sp³-hybridized carbons (Fsp3) is 0.571. The van der Waals surface area contributed by atoms with Crippen LogP contribution in [0.2, 0.25) is 0 Å². The molecule has 0 saturated heterocycles. The summed E-state index contributed by atoms with van der Waals surface area (Å²) in [4.78, 5) is 0. The van der Waals surface area contributed by atoms with Gasteiger partial charge in [-0.3, -0.25) is 0 Å². The van der Waals surface area contributed by atoms with Crippen LogP contribution in [0.15, 0.2) is 24.3 Å². The number of alkyl halides is 2. The molecule has 2 heteroatoms. The summed E-state index contributed by atoms with van der Waals surface area (Å²) >= 11 is 12.3. The molecule has 1 aromatic carbocycles. The third-order valence-corrected chi connectivity index (χ3v) is 4.00. The normalized spacial score (nSPS) is 12.1. The summed E-state index contributed by atoms with van der Waals surface area (Å²) in [5, 5.41) is 0. The van der Waals surface area contributed by atoms with Crippen LogP contribution in [-0.2, 0) is 5.41 Å². The molecule has 0 N–H and O–H groups in total. The lowest BCUT2D eigenvalue weighted by Crippen LogP contribution is -2.32. The van der Waals surface area contributed by atoms with Gasteiger partial charge in [-0.2, -0.15) is 0 Å². The summed E-state index contributed by atoms with van der Waals surface area (Å²) in [6.07, 6.45) is 1.03. The van der Waals surface area contributed by atoms with Gasteiger partial charge in [0.25, 0.3) is 0 Å². The maximum Gasteiger partial charge on any atom is 0.0332 e. The van der Waals surface area contributed by atoms with Crippen LogP contribution in [0.5, 0.6) is 0 Å². The van der Waals surface area contributed by atoms with Crippen LogP contribution in [0, 0.1) is 12.8 Å². The Balaban J connectivity index is 3.04. The van der Waals surface area contributed by atoms with Crippen LogP contribution in [0.1, 0.15) is 31.4 Å². The molecule has 0 atom stereocenters. The molecule has 0 aliphatic carbocycles. The third-order valence-electron chi connectivity index (χ3n) is 2.97. The zero-order chi connectivity index (χ0) is 12.2. The SMILES string of the molecule is Cc1ccc(C(CCl)(CCl)CC(C)C)cc1. The molecule has 90 valence electrons. The molecule has 0 saturated carbocycles. The van der Waals surface area contributed by atoms with E-state index in [1.54, 1.807) is 0 Å². The quantitative estimate of drug-likeness (QED) is 0.669. The van der Waals surface area contributed by atoms with Crippen LogP contribution in [0.3, 0.4) is 0 Å². The second kappa shape index (κ2) is 5.93. The van der Waals surface area contributed by atoms with Gasteiger partial charge in [0, 0.05) is 17.2 Å². The maximum absolute atomic E-state index is 6.16. The number of benzene rings is 1. The zero-order valence-electron chi connectivity index (χ0n) is 10.3. The fourth-order valence-corrected chi connectivity index (χ4v) is 2.92.